The lowest BCUT2D eigenvalue weighted by molar-refractivity contribution is 0.0935. The number of ether oxygens (including phenoxy) is 1. The van der Waals surface area contributed by atoms with Crippen molar-refractivity contribution in [2.75, 3.05) is 56.2 Å². The predicted octanol–water partition coefficient (Wildman–Crippen LogP) is 3.72. The Hall–Kier alpha value is -4.34. The quantitative estimate of drug-likeness (QED) is 0.223. The highest BCUT2D eigenvalue weighted by Gasteiger charge is 2.38. The highest BCUT2D eigenvalue weighted by atomic mass is 19.1. The normalized spacial score (nSPS) is 16.4. The number of fused-ring (bicyclic) bond motifs is 2. The fourth-order valence-corrected chi connectivity index (χ4v) is 5.33. The number of hydrogen-bond acceptors (Lipinski definition) is 8. The summed E-state index contributed by atoms with van der Waals surface area (Å²) in [5, 5.41) is 16.6. The third-order valence-electron chi connectivity index (χ3n) is 7.68. The fourth-order valence-electron chi connectivity index (χ4n) is 5.33. The zero-order valence-electron chi connectivity index (χ0n) is 23.0. The predicted molar refractivity (Wildman–Crippen MR) is 154 cm³/mol. The van der Waals surface area contributed by atoms with E-state index in [0.29, 0.717) is 36.4 Å². The molecule has 1 aromatic carbocycles. The molecule has 6 rings (SSSR count). The van der Waals surface area contributed by atoms with Crippen molar-refractivity contribution >= 4 is 33.8 Å². The number of carbonyl (C=O) groups excluding carboxylic acids is 1. The monoisotopic (exact) mass is 557 g/mol. The zero-order valence-corrected chi connectivity index (χ0v) is 23.0. The van der Waals surface area contributed by atoms with E-state index in [1.165, 1.54) is 16.7 Å². The van der Waals surface area contributed by atoms with Crippen LogP contribution in [0.4, 0.5) is 15.8 Å². The Morgan fingerprint density at radius 1 is 1.17 bits per heavy atom. The maximum atomic E-state index is 14.4. The van der Waals surface area contributed by atoms with Gasteiger partial charge in [-0.2, -0.15) is 15.3 Å². The molecule has 0 unspecified atom stereocenters. The van der Waals surface area contributed by atoms with Crippen LogP contribution in [0.1, 0.15) is 29.6 Å². The number of imidazole rings is 1. The van der Waals surface area contributed by atoms with Crippen LogP contribution in [0.15, 0.2) is 53.2 Å². The number of aromatic nitrogens is 4. The number of rotatable bonds is 11. The molecule has 1 amide bonds. The Bertz CT molecular complexity index is 1640. The number of hydrogen-bond donors (Lipinski definition) is 1. The van der Waals surface area contributed by atoms with Gasteiger partial charge in [0, 0.05) is 101 Å². The molecule has 12 heteroatoms. The van der Waals surface area contributed by atoms with E-state index in [-0.39, 0.29) is 17.2 Å². The molecule has 1 saturated heterocycles. The van der Waals surface area contributed by atoms with Gasteiger partial charge in [0.2, 0.25) is 0 Å². The molecule has 41 heavy (non-hydrogen) atoms. The highest BCUT2D eigenvalue weighted by Crippen LogP contribution is 2.36. The molecule has 1 N–H and O–H groups in total. The minimum atomic E-state index is -0.508. The van der Waals surface area contributed by atoms with Gasteiger partial charge in [0.15, 0.2) is 17.1 Å². The summed E-state index contributed by atoms with van der Waals surface area (Å²) in [6.45, 7) is 5.69. The van der Waals surface area contributed by atoms with Crippen LogP contribution >= 0.6 is 0 Å². The molecule has 3 aromatic heterocycles. The molecule has 2 aliphatic heterocycles. The Morgan fingerprint density at radius 2 is 2.00 bits per heavy atom. The number of benzene rings is 1. The first-order valence-electron chi connectivity index (χ1n) is 13.8. The van der Waals surface area contributed by atoms with Gasteiger partial charge in [-0.05, 0) is 12.1 Å². The number of carbonyl (C=O) groups is 1. The molecule has 0 saturated carbocycles. The van der Waals surface area contributed by atoms with E-state index in [0.717, 1.165) is 56.6 Å². The average molecular weight is 558 g/mol. The number of nitrogens with one attached hydrogen (secondary N) is 1. The van der Waals surface area contributed by atoms with Crippen LogP contribution in [0.2, 0.25) is 0 Å². The average Bonchev–Trinajstić information content (AvgIpc) is 3.36. The van der Waals surface area contributed by atoms with Gasteiger partial charge in [0.05, 0.1) is 24.5 Å². The smallest absolute Gasteiger partial charge is 0.257 e. The van der Waals surface area contributed by atoms with E-state index in [9.17, 15) is 9.18 Å². The van der Waals surface area contributed by atoms with Crippen LogP contribution in [-0.2, 0) is 11.8 Å². The highest BCUT2D eigenvalue weighted by molar-refractivity contribution is 6.13. The topological polar surface area (TPSA) is 105 Å². The first kappa shape index (κ1) is 26.9. The standard InChI is InChI=1S/C29H32FN9O2/c1-3-4-7-29(34-35-29)8-16-41-17-15-37-11-13-38(14-12-37)25-6-5-22(26-23(25)20-36(2)33-26)28(40)32-21-18-24(30)27-31-9-10-39(27)19-21/h1,5-6,9-10,18-20H,4,7-8,11-17H2,2H3,(H,32,40). The second-order valence-electron chi connectivity index (χ2n) is 10.5. The van der Waals surface area contributed by atoms with Crippen LogP contribution in [0, 0.1) is 18.2 Å². The summed E-state index contributed by atoms with van der Waals surface area (Å²) in [6, 6.07) is 5.04. The molecule has 0 spiro atoms. The van der Waals surface area contributed by atoms with Crippen molar-refractivity contribution in [1.82, 2.24) is 24.1 Å². The summed E-state index contributed by atoms with van der Waals surface area (Å²) in [4.78, 5) is 22.0. The maximum Gasteiger partial charge on any atom is 0.257 e. The molecular formula is C29H32FN9O2. The van der Waals surface area contributed by atoms with Gasteiger partial charge in [-0.1, -0.05) is 0 Å². The number of amides is 1. The number of halogens is 1. The van der Waals surface area contributed by atoms with Crippen LogP contribution in [0.5, 0.6) is 0 Å². The summed E-state index contributed by atoms with van der Waals surface area (Å²) in [6.07, 6.45) is 14.3. The van der Waals surface area contributed by atoms with Gasteiger partial charge >= 0.3 is 0 Å². The molecule has 0 aliphatic carbocycles. The summed E-state index contributed by atoms with van der Waals surface area (Å²) >= 11 is 0. The van der Waals surface area contributed by atoms with Gasteiger partial charge in [-0.25, -0.2) is 9.37 Å². The van der Waals surface area contributed by atoms with Crippen LogP contribution in [0.25, 0.3) is 16.6 Å². The van der Waals surface area contributed by atoms with Crippen molar-refractivity contribution in [1.29, 1.82) is 0 Å². The number of nitrogens with zero attached hydrogens (tertiary/aromatic N) is 8. The molecule has 11 nitrogen and oxygen atoms in total. The first-order valence-corrected chi connectivity index (χ1v) is 13.8. The van der Waals surface area contributed by atoms with Crippen molar-refractivity contribution in [3.05, 3.63) is 54.4 Å². The Balaban J connectivity index is 1.05. The molecule has 0 bridgehead atoms. The van der Waals surface area contributed by atoms with E-state index in [1.54, 1.807) is 23.1 Å². The molecule has 2 aliphatic rings. The van der Waals surface area contributed by atoms with Crippen LogP contribution in [0.3, 0.4) is 0 Å². The Kier molecular flexibility index (Phi) is 7.38. The largest absolute Gasteiger partial charge is 0.380 e. The van der Waals surface area contributed by atoms with Gasteiger partial charge in [-0.15, -0.1) is 12.3 Å². The maximum absolute atomic E-state index is 14.4. The summed E-state index contributed by atoms with van der Waals surface area (Å²) in [5.74, 6) is 1.79. The van der Waals surface area contributed by atoms with Gasteiger partial charge in [-0.3, -0.25) is 14.4 Å². The van der Waals surface area contributed by atoms with Crippen molar-refractivity contribution in [2.45, 2.75) is 24.9 Å². The summed E-state index contributed by atoms with van der Waals surface area (Å²) in [7, 11) is 1.84. The van der Waals surface area contributed by atoms with E-state index in [4.69, 9.17) is 11.2 Å². The Labute approximate surface area is 237 Å². The van der Waals surface area contributed by atoms with E-state index >= 15 is 0 Å². The molecule has 4 aromatic rings. The number of piperazine rings is 1. The number of pyridine rings is 1. The lowest BCUT2D eigenvalue weighted by Gasteiger charge is -2.36. The third-order valence-corrected chi connectivity index (χ3v) is 7.68. The number of terminal acetylenes is 1. The molecule has 1 fully saturated rings. The summed E-state index contributed by atoms with van der Waals surface area (Å²) < 4.78 is 23.5. The molecular weight excluding hydrogens is 525 g/mol. The van der Waals surface area contributed by atoms with Crippen LogP contribution in [-0.4, -0.2) is 81.6 Å². The first-order chi connectivity index (χ1) is 19.9. The van der Waals surface area contributed by atoms with Crippen molar-refractivity contribution in [3.63, 3.8) is 0 Å². The van der Waals surface area contributed by atoms with Gasteiger partial charge < -0.3 is 19.4 Å². The zero-order chi connectivity index (χ0) is 28.4. The summed E-state index contributed by atoms with van der Waals surface area (Å²) in [5.41, 5.74) is 2.33. The molecule has 0 atom stereocenters. The second kappa shape index (κ2) is 11.3. The SMILES string of the molecule is C#CCCC1(CCOCCN2CCN(c3ccc(C(=O)Nc4cc(F)c5nccn5c4)c4nn(C)cc34)CC2)N=N1. The van der Waals surface area contributed by atoms with Crippen molar-refractivity contribution in [3.8, 4) is 12.3 Å². The van der Waals surface area contributed by atoms with E-state index < -0.39 is 5.82 Å². The lowest BCUT2D eigenvalue weighted by Crippen LogP contribution is -2.47. The van der Waals surface area contributed by atoms with Gasteiger partial charge in [0.1, 0.15) is 5.52 Å². The fraction of sp³-hybridized carbons (Fsp3) is 0.414. The molecule has 212 valence electrons. The minimum Gasteiger partial charge on any atom is -0.380 e. The third kappa shape index (κ3) is 5.77. The van der Waals surface area contributed by atoms with E-state index in [2.05, 4.69) is 41.3 Å². The van der Waals surface area contributed by atoms with Gasteiger partial charge in [0.25, 0.3) is 5.91 Å². The Morgan fingerprint density at radius 3 is 2.78 bits per heavy atom. The van der Waals surface area contributed by atoms with Crippen LogP contribution < -0.4 is 10.2 Å². The number of anilines is 2. The van der Waals surface area contributed by atoms with Crippen molar-refractivity contribution in [2.24, 2.45) is 17.3 Å². The lowest BCUT2D eigenvalue weighted by atomic mass is 10.1. The molecule has 5 heterocycles. The van der Waals surface area contributed by atoms with E-state index in [1.807, 2.05) is 19.3 Å². The molecule has 0 radical (unpaired) electrons. The minimum absolute atomic E-state index is 0.207. The second-order valence-corrected chi connectivity index (χ2v) is 10.5. The van der Waals surface area contributed by atoms with Crippen molar-refractivity contribution < 1.29 is 13.9 Å². The number of aryl methyl sites for hydroxylation is 1.